The highest BCUT2D eigenvalue weighted by atomic mass is 35.5. The number of fused-ring (bicyclic) bond motifs is 1. The molecule has 2 heterocycles. The molecule has 184 valence electrons. The molecule has 36 heavy (non-hydrogen) atoms. The zero-order valence-electron chi connectivity index (χ0n) is 18.3. The zero-order valence-corrected chi connectivity index (χ0v) is 19.1. The molecule has 0 unspecified atom stereocenters. The average Bonchev–Trinajstić information content (AvgIpc) is 3.33. The molecule has 5 nitrogen and oxygen atoms in total. The van der Waals surface area contributed by atoms with Crippen LogP contribution < -0.4 is 10.1 Å². The van der Waals surface area contributed by atoms with Crippen molar-refractivity contribution in [1.82, 2.24) is 9.78 Å². The van der Waals surface area contributed by atoms with Crippen LogP contribution in [0.3, 0.4) is 0 Å². The van der Waals surface area contributed by atoms with E-state index in [2.05, 4.69) is 15.2 Å². The van der Waals surface area contributed by atoms with Crippen molar-refractivity contribution in [3.63, 3.8) is 0 Å². The van der Waals surface area contributed by atoms with Gasteiger partial charge in [0.1, 0.15) is 5.69 Å². The summed E-state index contributed by atoms with van der Waals surface area (Å²) in [5, 5.41) is 7.06. The number of halogens is 6. The Kier molecular flexibility index (Phi) is 5.51. The van der Waals surface area contributed by atoms with Crippen LogP contribution in [0.4, 0.5) is 32.4 Å². The van der Waals surface area contributed by atoms with Crippen LogP contribution in [0.5, 0.6) is 5.75 Å². The topological polar surface area (TPSA) is 56.2 Å². The fourth-order valence-corrected chi connectivity index (χ4v) is 3.90. The van der Waals surface area contributed by atoms with Gasteiger partial charge >= 0.3 is 18.1 Å². The molecule has 3 aromatic carbocycles. The molecule has 1 aliphatic rings. The maximum absolute atomic E-state index is 14.3. The lowest BCUT2D eigenvalue weighted by Gasteiger charge is -2.16. The molecule has 4 aromatic rings. The van der Waals surface area contributed by atoms with Crippen molar-refractivity contribution >= 4 is 23.3 Å². The van der Waals surface area contributed by atoms with Crippen molar-refractivity contribution in [3.05, 3.63) is 88.8 Å². The monoisotopic (exact) mass is 519 g/mol. The SMILES string of the molecule is Cc1ccc(-c2nn(C(=O)Nc3cc(F)c4c(c3)C(F)(F)C(F)(F)O4)cc2-c2ccc(Cl)cc2)cc1. The van der Waals surface area contributed by atoms with Crippen molar-refractivity contribution in [2.45, 2.75) is 19.0 Å². The summed E-state index contributed by atoms with van der Waals surface area (Å²) in [6, 6.07) is 14.4. The van der Waals surface area contributed by atoms with E-state index in [1.807, 2.05) is 31.2 Å². The first kappa shape index (κ1) is 23.8. The summed E-state index contributed by atoms with van der Waals surface area (Å²) in [6.07, 6.45) is -3.51. The lowest BCUT2D eigenvalue weighted by molar-refractivity contribution is -0.296. The number of nitrogens with one attached hydrogen (secondary N) is 1. The van der Waals surface area contributed by atoms with Gasteiger partial charge in [-0.25, -0.2) is 9.18 Å². The molecule has 0 atom stereocenters. The first-order valence-electron chi connectivity index (χ1n) is 10.5. The minimum Gasteiger partial charge on any atom is -0.424 e. The van der Waals surface area contributed by atoms with E-state index in [0.717, 1.165) is 10.2 Å². The molecule has 0 radical (unpaired) electrons. The Labute approximate surface area is 206 Å². The Balaban J connectivity index is 1.52. The third kappa shape index (κ3) is 3.97. The Morgan fingerprint density at radius 3 is 2.31 bits per heavy atom. The van der Waals surface area contributed by atoms with Gasteiger partial charge in [0.25, 0.3) is 0 Å². The van der Waals surface area contributed by atoms with E-state index in [-0.39, 0.29) is 0 Å². The Morgan fingerprint density at radius 2 is 1.64 bits per heavy atom. The maximum atomic E-state index is 14.3. The highest BCUT2D eigenvalue weighted by molar-refractivity contribution is 6.30. The molecular weight excluding hydrogens is 505 g/mol. The summed E-state index contributed by atoms with van der Waals surface area (Å²) >= 11 is 5.99. The minimum atomic E-state index is -4.92. The lowest BCUT2D eigenvalue weighted by Crippen LogP contribution is -2.37. The molecule has 1 aliphatic heterocycles. The van der Waals surface area contributed by atoms with E-state index >= 15 is 0 Å². The summed E-state index contributed by atoms with van der Waals surface area (Å²) in [7, 11) is 0. The van der Waals surface area contributed by atoms with E-state index < -0.39 is 40.9 Å². The number of anilines is 1. The van der Waals surface area contributed by atoms with Crippen LogP contribution >= 0.6 is 11.6 Å². The van der Waals surface area contributed by atoms with Gasteiger partial charge in [-0.3, -0.25) is 0 Å². The summed E-state index contributed by atoms with van der Waals surface area (Å²) in [5.74, 6) is -7.52. The summed E-state index contributed by atoms with van der Waals surface area (Å²) in [4.78, 5) is 12.9. The number of aryl methyl sites for hydroxylation is 1. The summed E-state index contributed by atoms with van der Waals surface area (Å²) < 4.78 is 74.2. The van der Waals surface area contributed by atoms with Gasteiger partial charge in [-0.15, -0.1) is 0 Å². The second kappa shape index (κ2) is 8.34. The van der Waals surface area contributed by atoms with Gasteiger partial charge in [-0.05, 0) is 30.7 Å². The number of alkyl halides is 4. The van der Waals surface area contributed by atoms with Crippen LogP contribution in [-0.2, 0) is 5.92 Å². The Bertz CT molecular complexity index is 1420. The minimum absolute atomic E-state index is 0.437. The number of rotatable bonds is 3. The van der Waals surface area contributed by atoms with Gasteiger partial charge in [-0.1, -0.05) is 53.6 Å². The second-order valence-electron chi connectivity index (χ2n) is 8.17. The number of nitrogens with zero attached hydrogens (tertiary/aromatic N) is 2. The van der Waals surface area contributed by atoms with E-state index in [1.165, 1.54) is 6.20 Å². The zero-order chi connectivity index (χ0) is 25.8. The molecule has 0 fully saturated rings. The number of amides is 1. The standard InChI is InChI=1S/C25H15ClF5N3O2/c1-13-2-4-15(5-3-13)21-18(14-6-8-16(26)9-7-14)12-34(33-21)23(35)32-17-10-19-22(20(27)11-17)36-25(30,31)24(19,28)29/h2-12H,1H3,(H,32,35). The van der Waals surface area contributed by atoms with Crippen LogP contribution in [0.25, 0.3) is 22.4 Å². The molecule has 0 spiro atoms. The predicted molar refractivity (Wildman–Crippen MR) is 123 cm³/mol. The van der Waals surface area contributed by atoms with E-state index in [9.17, 15) is 26.7 Å². The number of hydrogen-bond donors (Lipinski definition) is 1. The van der Waals surface area contributed by atoms with E-state index in [1.54, 1.807) is 24.3 Å². The molecule has 0 aliphatic carbocycles. The van der Waals surface area contributed by atoms with Gasteiger partial charge in [0.15, 0.2) is 11.6 Å². The lowest BCUT2D eigenvalue weighted by atomic mass is 10.0. The highest BCUT2D eigenvalue weighted by Crippen LogP contribution is 2.54. The first-order chi connectivity index (χ1) is 17.0. The molecule has 1 amide bonds. The molecule has 11 heteroatoms. The molecule has 1 N–H and O–H groups in total. The number of hydrogen-bond acceptors (Lipinski definition) is 3. The number of carbonyl (C=O) groups is 1. The predicted octanol–water partition coefficient (Wildman–Crippen LogP) is 7.48. The van der Waals surface area contributed by atoms with Gasteiger partial charge in [0.05, 0.1) is 5.56 Å². The maximum Gasteiger partial charge on any atom is 0.469 e. The smallest absolute Gasteiger partial charge is 0.424 e. The number of benzene rings is 3. The normalized spacial score (nSPS) is 15.3. The van der Waals surface area contributed by atoms with Crippen molar-refractivity contribution < 1.29 is 31.5 Å². The fraction of sp³-hybridized carbons (Fsp3) is 0.120. The Hall–Kier alpha value is -3.92. The van der Waals surface area contributed by atoms with Crippen LogP contribution in [0, 0.1) is 12.7 Å². The van der Waals surface area contributed by atoms with Crippen LogP contribution in [0.15, 0.2) is 66.9 Å². The average molecular weight is 520 g/mol. The number of aromatic nitrogens is 2. The van der Waals surface area contributed by atoms with Crippen molar-refractivity contribution in [1.29, 1.82) is 0 Å². The van der Waals surface area contributed by atoms with Crippen molar-refractivity contribution in [2.24, 2.45) is 0 Å². The van der Waals surface area contributed by atoms with E-state index in [4.69, 9.17) is 11.6 Å². The molecule has 0 saturated heterocycles. The molecule has 0 bridgehead atoms. The Morgan fingerprint density at radius 1 is 1.00 bits per heavy atom. The molecule has 0 saturated carbocycles. The van der Waals surface area contributed by atoms with Crippen molar-refractivity contribution in [3.8, 4) is 28.1 Å². The van der Waals surface area contributed by atoms with Crippen molar-refractivity contribution in [2.75, 3.05) is 5.32 Å². The number of carbonyl (C=O) groups excluding carboxylic acids is 1. The molecular formula is C25H15ClF5N3O2. The largest absolute Gasteiger partial charge is 0.469 e. The third-order valence-corrected chi connectivity index (χ3v) is 5.88. The van der Waals surface area contributed by atoms with Gasteiger partial charge < -0.3 is 10.1 Å². The first-order valence-corrected chi connectivity index (χ1v) is 10.9. The van der Waals surface area contributed by atoms with Gasteiger partial charge in [0.2, 0.25) is 0 Å². The third-order valence-electron chi connectivity index (χ3n) is 5.63. The molecule has 1 aromatic heterocycles. The van der Waals surface area contributed by atoms with Crippen LogP contribution in [0.2, 0.25) is 5.02 Å². The van der Waals surface area contributed by atoms with Crippen LogP contribution in [0.1, 0.15) is 11.1 Å². The van der Waals surface area contributed by atoms with Crippen LogP contribution in [-0.4, -0.2) is 21.9 Å². The quantitative estimate of drug-likeness (QED) is 0.286. The number of ether oxygens (including phenoxy) is 1. The second-order valence-corrected chi connectivity index (χ2v) is 8.60. The fourth-order valence-electron chi connectivity index (χ4n) is 3.78. The van der Waals surface area contributed by atoms with Gasteiger partial charge in [0, 0.05) is 34.1 Å². The summed E-state index contributed by atoms with van der Waals surface area (Å²) in [6.45, 7) is 1.91. The van der Waals surface area contributed by atoms with E-state index in [0.29, 0.717) is 39.5 Å². The summed E-state index contributed by atoms with van der Waals surface area (Å²) in [5.41, 5.74) is 1.55. The molecule has 5 rings (SSSR count). The highest BCUT2D eigenvalue weighted by Gasteiger charge is 2.67. The van der Waals surface area contributed by atoms with Gasteiger partial charge in [-0.2, -0.15) is 27.3 Å².